The predicted octanol–water partition coefficient (Wildman–Crippen LogP) is 1.60. The van der Waals surface area contributed by atoms with Crippen LogP contribution in [0.2, 0.25) is 0 Å². The highest BCUT2D eigenvalue weighted by Gasteiger charge is 2.23. The SMILES string of the molecule is Cc1nn([C@H](C)C(=O)NCCCN2CCOCC2)c(=O)c2c(C)n(-c3ccccc3)nc12. The molecular formula is C23H30N6O3. The van der Waals surface area contributed by atoms with Gasteiger partial charge < -0.3 is 10.1 Å². The molecule has 0 unspecified atom stereocenters. The van der Waals surface area contributed by atoms with Crippen molar-refractivity contribution in [3.05, 3.63) is 52.1 Å². The van der Waals surface area contributed by atoms with E-state index in [4.69, 9.17) is 4.74 Å². The van der Waals surface area contributed by atoms with E-state index in [9.17, 15) is 9.59 Å². The molecule has 170 valence electrons. The Balaban J connectivity index is 1.50. The number of carbonyl (C=O) groups excluding carboxylic acids is 1. The number of carbonyl (C=O) groups is 1. The standard InChI is InChI=1S/C23H30N6O3/c1-16-21-20(17(2)28(26-21)19-8-5-4-6-9-19)23(31)29(25-16)18(3)22(30)24-10-7-11-27-12-14-32-15-13-27/h4-6,8-9,18H,7,10-15H2,1-3H3,(H,24,30)/t18-/m1/s1. The summed E-state index contributed by atoms with van der Waals surface area (Å²) in [6, 6.07) is 8.95. The normalized spacial score (nSPS) is 15.7. The number of hydrogen-bond acceptors (Lipinski definition) is 6. The van der Waals surface area contributed by atoms with E-state index in [-0.39, 0.29) is 11.5 Å². The molecule has 0 spiro atoms. The van der Waals surface area contributed by atoms with Crippen LogP contribution in [0, 0.1) is 13.8 Å². The Morgan fingerprint density at radius 2 is 1.88 bits per heavy atom. The molecule has 4 rings (SSSR count). The largest absolute Gasteiger partial charge is 0.379 e. The van der Waals surface area contributed by atoms with Gasteiger partial charge >= 0.3 is 0 Å². The maximum Gasteiger partial charge on any atom is 0.278 e. The van der Waals surface area contributed by atoms with E-state index in [1.807, 2.05) is 44.2 Å². The van der Waals surface area contributed by atoms with E-state index >= 15 is 0 Å². The van der Waals surface area contributed by atoms with Crippen molar-refractivity contribution in [1.29, 1.82) is 0 Å². The first-order chi connectivity index (χ1) is 15.5. The van der Waals surface area contributed by atoms with Gasteiger partial charge in [-0.15, -0.1) is 0 Å². The van der Waals surface area contributed by atoms with E-state index in [2.05, 4.69) is 20.4 Å². The monoisotopic (exact) mass is 438 g/mol. The number of hydrogen-bond donors (Lipinski definition) is 1. The number of fused-ring (bicyclic) bond motifs is 1. The Bertz CT molecular complexity index is 1150. The molecule has 3 heterocycles. The molecule has 1 aromatic carbocycles. The number of morpholine rings is 1. The number of nitrogens with one attached hydrogen (secondary N) is 1. The molecular weight excluding hydrogens is 408 g/mol. The van der Waals surface area contributed by atoms with Crippen LogP contribution < -0.4 is 10.9 Å². The first-order valence-electron chi connectivity index (χ1n) is 11.1. The van der Waals surface area contributed by atoms with Gasteiger partial charge in [0, 0.05) is 19.6 Å². The first kappa shape index (κ1) is 22.2. The zero-order chi connectivity index (χ0) is 22.7. The average Bonchev–Trinajstić information content (AvgIpc) is 3.18. The Morgan fingerprint density at radius 3 is 2.59 bits per heavy atom. The maximum absolute atomic E-state index is 13.3. The molecule has 1 N–H and O–H groups in total. The summed E-state index contributed by atoms with van der Waals surface area (Å²) in [5, 5.41) is 12.5. The summed E-state index contributed by atoms with van der Waals surface area (Å²) in [7, 11) is 0. The summed E-state index contributed by atoms with van der Waals surface area (Å²) >= 11 is 0. The van der Waals surface area contributed by atoms with Gasteiger partial charge in [0.1, 0.15) is 11.6 Å². The molecule has 0 bridgehead atoms. The lowest BCUT2D eigenvalue weighted by Gasteiger charge is -2.26. The van der Waals surface area contributed by atoms with Crippen LogP contribution in [-0.4, -0.2) is 69.8 Å². The van der Waals surface area contributed by atoms with Gasteiger partial charge in [-0.25, -0.2) is 9.36 Å². The maximum atomic E-state index is 13.3. The minimum absolute atomic E-state index is 0.214. The molecule has 1 atom stereocenters. The minimum Gasteiger partial charge on any atom is -0.379 e. The van der Waals surface area contributed by atoms with Gasteiger partial charge in [0.15, 0.2) is 0 Å². The van der Waals surface area contributed by atoms with Gasteiger partial charge in [0.2, 0.25) is 5.91 Å². The van der Waals surface area contributed by atoms with Crippen molar-refractivity contribution in [3.63, 3.8) is 0 Å². The van der Waals surface area contributed by atoms with Crippen molar-refractivity contribution in [1.82, 2.24) is 29.8 Å². The lowest BCUT2D eigenvalue weighted by Crippen LogP contribution is -2.40. The number of para-hydroxylation sites is 1. The number of aryl methyl sites for hydroxylation is 2. The lowest BCUT2D eigenvalue weighted by molar-refractivity contribution is -0.124. The van der Waals surface area contributed by atoms with Crippen molar-refractivity contribution >= 4 is 16.8 Å². The number of ether oxygens (including phenoxy) is 1. The van der Waals surface area contributed by atoms with Crippen molar-refractivity contribution in [3.8, 4) is 5.69 Å². The second-order valence-corrected chi connectivity index (χ2v) is 8.17. The highest BCUT2D eigenvalue weighted by atomic mass is 16.5. The molecule has 9 nitrogen and oxygen atoms in total. The topological polar surface area (TPSA) is 94.3 Å². The fourth-order valence-corrected chi connectivity index (χ4v) is 4.06. The van der Waals surface area contributed by atoms with E-state index < -0.39 is 6.04 Å². The number of rotatable bonds is 7. The molecule has 0 radical (unpaired) electrons. The Labute approximate surface area is 187 Å². The molecule has 32 heavy (non-hydrogen) atoms. The van der Waals surface area contributed by atoms with Crippen LogP contribution in [0.25, 0.3) is 16.6 Å². The highest BCUT2D eigenvalue weighted by Crippen LogP contribution is 2.20. The van der Waals surface area contributed by atoms with Gasteiger partial charge in [-0.05, 0) is 45.9 Å². The Morgan fingerprint density at radius 1 is 1.16 bits per heavy atom. The third kappa shape index (κ3) is 4.44. The van der Waals surface area contributed by atoms with E-state index in [0.29, 0.717) is 23.1 Å². The number of nitrogens with zero attached hydrogens (tertiary/aromatic N) is 5. The molecule has 1 fully saturated rings. The van der Waals surface area contributed by atoms with Crippen LogP contribution in [-0.2, 0) is 9.53 Å². The van der Waals surface area contributed by atoms with Crippen LogP contribution in [0.1, 0.15) is 30.8 Å². The predicted molar refractivity (Wildman–Crippen MR) is 122 cm³/mol. The smallest absolute Gasteiger partial charge is 0.278 e. The molecule has 1 amide bonds. The second-order valence-electron chi connectivity index (χ2n) is 8.17. The summed E-state index contributed by atoms with van der Waals surface area (Å²) in [6.45, 7) is 10.2. The summed E-state index contributed by atoms with van der Waals surface area (Å²) in [5.41, 5.74) is 2.47. The van der Waals surface area contributed by atoms with E-state index in [0.717, 1.165) is 50.7 Å². The molecule has 1 aliphatic heterocycles. The van der Waals surface area contributed by atoms with E-state index in [1.54, 1.807) is 11.6 Å². The molecule has 0 aliphatic carbocycles. The third-order valence-corrected chi connectivity index (χ3v) is 5.94. The fourth-order valence-electron chi connectivity index (χ4n) is 4.06. The number of amides is 1. The van der Waals surface area contributed by atoms with Crippen molar-refractivity contribution < 1.29 is 9.53 Å². The fraction of sp³-hybridized carbons (Fsp3) is 0.478. The number of aromatic nitrogens is 4. The van der Waals surface area contributed by atoms with Crippen molar-refractivity contribution in [2.45, 2.75) is 33.2 Å². The molecule has 9 heteroatoms. The van der Waals surface area contributed by atoms with Gasteiger partial charge in [-0.2, -0.15) is 10.2 Å². The number of benzene rings is 1. The molecule has 1 saturated heterocycles. The van der Waals surface area contributed by atoms with Gasteiger partial charge in [-0.3, -0.25) is 14.5 Å². The van der Waals surface area contributed by atoms with Crippen LogP contribution in [0.3, 0.4) is 0 Å². The molecule has 0 saturated carbocycles. The van der Waals surface area contributed by atoms with Crippen LogP contribution in [0.4, 0.5) is 0 Å². The van der Waals surface area contributed by atoms with Crippen LogP contribution in [0.5, 0.6) is 0 Å². The average molecular weight is 439 g/mol. The zero-order valence-electron chi connectivity index (χ0n) is 18.9. The molecule has 3 aromatic rings. The Kier molecular flexibility index (Phi) is 6.66. The molecule has 1 aliphatic rings. The van der Waals surface area contributed by atoms with Gasteiger partial charge in [0.05, 0.1) is 35.7 Å². The lowest BCUT2D eigenvalue weighted by atomic mass is 10.2. The Hall–Kier alpha value is -3.04. The quantitative estimate of drug-likeness (QED) is 0.563. The first-order valence-corrected chi connectivity index (χ1v) is 11.1. The molecule has 2 aromatic heterocycles. The highest BCUT2D eigenvalue weighted by molar-refractivity contribution is 5.84. The summed E-state index contributed by atoms with van der Waals surface area (Å²) in [5.74, 6) is -0.214. The summed E-state index contributed by atoms with van der Waals surface area (Å²) in [6.07, 6.45) is 0.849. The summed E-state index contributed by atoms with van der Waals surface area (Å²) < 4.78 is 8.38. The summed E-state index contributed by atoms with van der Waals surface area (Å²) in [4.78, 5) is 28.3. The van der Waals surface area contributed by atoms with E-state index in [1.165, 1.54) is 4.68 Å². The zero-order valence-corrected chi connectivity index (χ0v) is 18.9. The van der Waals surface area contributed by atoms with Crippen molar-refractivity contribution in [2.75, 3.05) is 39.4 Å². The van der Waals surface area contributed by atoms with Crippen LogP contribution in [0.15, 0.2) is 35.1 Å². The van der Waals surface area contributed by atoms with Gasteiger partial charge in [-0.1, -0.05) is 18.2 Å². The second kappa shape index (κ2) is 9.62. The minimum atomic E-state index is -0.714. The van der Waals surface area contributed by atoms with Crippen LogP contribution >= 0.6 is 0 Å². The third-order valence-electron chi connectivity index (χ3n) is 5.94. The van der Waals surface area contributed by atoms with Gasteiger partial charge in [0.25, 0.3) is 5.56 Å². The van der Waals surface area contributed by atoms with Crippen molar-refractivity contribution in [2.24, 2.45) is 0 Å².